The van der Waals surface area contributed by atoms with Gasteiger partial charge < -0.3 is 5.32 Å². The van der Waals surface area contributed by atoms with Crippen LogP contribution < -0.4 is 5.32 Å². The maximum Gasteiger partial charge on any atom is 0.0702 e. The fourth-order valence-corrected chi connectivity index (χ4v) is 1.95. The summed E-state index contributed by atoms with van der Waals surface area (Å²) in [6.07, 6.45) is 7.27. The monoisotopic (exact) mass is 254 g/mol. The van der Waals surface area contributed by atoms with E-state index in [2.05, 4.69) is 67.5 Å². The number of nitrogens with one attached hydrogen (secondary N) is 1. The lowest BCUT2D eigenvalue weighted by Gasteiger charge is -2.19. The van der Waals surface area contributed by atoms with E-state index < -0.39 is 0 Å². The summed E-state index contributed by atoms with van der Waals surface area (Å²) >= 11 is 0. The van der Waals surface area contributed by atoms with Gasteiger partial charge in [-0.2, -0.15) is 0 Å². The van der Waals surface area contributed by atoms with E-state index in [1.165, 1.54) is 10.9 Å². The van der Waals surface area contributed by atoms with Gasteiger partial charge in [-0.05, 0) is 57.5 Å². The SMILES string of the molecule is CC(C)(C)NCC/C=C/c1ccc2ncccc2c1. The van der Waals surface area contributed by atoms with Crippen LogP contribution in [0.1, 0.15) is 32.8 Å². The van der Waals surface area contributed by atoms with Crippen LogP contribution in [0.4, 0.5) is 0 Å². The third-order valence-corrected chi connectivity index (χ3v) is 2.90. The van der Waals surface area contributed by atoms with E-state index in [1.807, 2.05) is 12.3 Å². The van der Waals surface area contributed by atoms with Crippen molar-refractivity contribution in [2.24, 2.45) is 0 Å². The summed E-state index contributed by atoms with van der Waals surface area (Å²) in [5, 5.41) is 4.67. The Balaban J connectivity index is 1.94. The fraction of sp³-hybridized carbons (Fsp3) is 0.353. The van der Waals surface area contributed by atoms with Crippen molar-refractivity contribution in [3.63, 3.8) is 0 Å². The van der Waals surface area contributed by atoms with Crippen molar-refractivity contribution in [3.05, 3.63) is 48.2 Å². The smallest absolute Gasteiger partial charge is 0.0702 e. The van der Waals surface area contributed by atoms with Gasteiger partial charge in [-0.25, -0.2) is 0 Å². The third kappa shape index (κ3) is 4.49. The minimum absolute atomic E-state index is 0.197. The van der Waals surface area contributed by atoms with Crippen molar-refractivity contribution in [1.29, 1.82) is 0 Å². The van der Waals surface area contributed by atoms with Gasteiger partial charge in [-0.15, -0.1) is 0 Å². The first-order chi connectivity index (χ1) is 9.04. The molecule has 1 aromatic heterocycles. The highest BCUT2D eigenvalue weighted by Crippen LogP contribution is 2.14. The van der Waals surface area contributed by atoms with Crippen molar-refractivity contribution >= 4 is 17.0 Å². The molecule has 0 amide bonds. The summed E-state index contributed by atoms with van der Waals surface area (Å²) in [5.74, 6) is 0. The molecule has 0 atom stereocenters. The maximum atomic E-state index is 4.32. The van der Waals surface area contributed by atoms with Gasteiger partial charge in [0.05, 0.1) is 5.52 Å². The third-order valence-electron chi connectivity index (χ3n) is 2.90. The lowest BCUT2D eigenvalue weighted by atomic mass is 10.1. The summed E-state index contributed by atoms with van der Waals surface area (Å²) in [7, 11) is 0. The Morgan fingerprint density at radius 3 is 2.84 bits per heavy atom. The van der Waals surface area contributed by atoms with Gasteiger partial charge in [-0.1, -0.05) is 24.3 Å². The molecular weight excluding hydrogens is 232 g/mol. The van der Waals surface area contributed by atoms with E-state index in [4.69, 9.17) is 0 Å². The Hall–Kier alpha value is -1.67. The molecule has 2 aromatic rings. The number of pyridine rings is 1. The fourth-order valence-electron chi connectivity index (χ4n) is 1.95. The van der Waals surface area contributed by atoms with Crippen LogP contribution in [0, 0.1) is 0 Å². The average Bonchev–Trinajstić information content (AvgIpc) is 2.37. The van der Waals surface area contributed by atoms with Crippen LogP contribution in [0.25, 0.3) is 17.0 Å². The normalized spacial score (nSPS) is 12.4. The number of hydrogen-bond acceptors (Lipinski definition) is 2. The van der Waals surface area contributed by atoms with Crippen molar-refractivity contribution < 1.29 is 0 Å². The molecule has 2 nitrogen and oxygen atoms in total. The van der Waals surface area contributed by atoms with Gasteiger partial charge in [-0.3, -0.25) is 4.98 Å². The van der Waals surface area contributed by atoms with E-state index >= 15 is 0 Å². The molecule has 1 heterocycles. The molecular formula is C17H22N2. The highest BCUT2D eigenvalue weighted by Gasteiger charge is 2.06. The Morgan fingerprint density at radius 2 is 2.05 bits per heavy atom. The molecule has 0 aliphatic rings. The standard InChI is InChI=1S/C17H22N2/c1-17(2,3)19-12-5-4-7-14-9-10-16-15(13-14)8-6-11-18-16/h4,6-11,13,19H,5,12H2,1-3H3/b7-4+. The average molecular weight is 254 g/mol. The van der Waals surface area contributed by atoms with Crippen LogP contribution in [-0.2, 0) is 0 Å². The summed E-state index contributed by atoms with van der Waals surface area (Å²) in [6.45, 7) is 7.57. The lowest BCUT2D eigenvalue weighted by molar-refractivity contribution is 0.431. The second-order valence-corrected chi connectivity index (χ2v) is 5.82. The first kappa shape index (κ1) is 13.8. The molecule has 19 heavy (non-hydrogen) atoms. The molecule has 0 aliphatic carbocycles. The first-order valence-corrected chi connectivity index (χ1v) is 6.81. The maximum absolute atomic E-state index is 4.32. The molecule has 0 unspecified atom stereocenters. The minimum Gasteiger partial charge on any atom is -0.312 e. The van der Waals surface area contributed by atoms with Gasteiger partial charge in [0.25, 0.3) is 0 Å². The molecule has 2 rings (SSSR count). The van der Waals surface area contributed by atoms with Crippen LogP contribution >= 0.6 is 0 Å². The number of benzene rings is 1. The Bertz CT molecular complexity index is 565. The molecule has 0 fully saturated rings. The van der Waals surface area contributed by atoms with E-state index in [0.717, 1.165) is 18.5 Å². The predicted molar refractivity (Wildman–Crippen MR) is 83.1 cm³/mol. The van der Waals surface area contributed by atoms with E-state index in [0.29, 0.717) is 0 Å². The number of aromatic nitrogens is 1. The molecule has 0 spiro atoms. The summed E-state index contributed by atoms with van der Waals surface area (Å²) in [4.78, 5) is 4.32. The van der Waals surface area contributed by atoms with Crippen LogP contribution in [-0.4, -0.2) is 17.1 Å². The van der Waals surface area contributed by atoms with Crippen LogP contribution in [0.5, 0.6) is 0 Å². The topological polar surface area (TPSA) is 24.9 Å². The second-order valence-electron chi connectivity index (χ2n) is 5.82. The van der Waals surface area contributed by atoms with E-state index in [1.54, 1.807) is 0 Å². The zero-order valence-electron chi connectivity index (χ0n) is 12.0. The van der Waals surface area contributed by atoms with Crippen molar-refractivity contribution in [3.8, 4) is 0 Å². The van der Waals surface area contributed by atoms with Gasteiger partial charge in [0.15, 0.2) is 0 Å². The van der Waals surface area contributed by atoms with Crippen LogP contribution in [0.3, 0.4) is 0 Å². The van der Waals surface area contributed by atoms with Crippen molar-refractivity contribution in [1.82, 2.24) is 10.3 Å². The minimum atomic E-state index is 0.197. The molecule has 1 N–H and O–H groups in total. The molecule has 2 heteroatoms. The molecule has 0 radical (unpaired) electrons. The summed E-state index contributed by atoms with van der Waals surface area (Å²) in [5.41, 5.74) is 2.48. The lowest BCUT2D eigenvalue weighted by Crippen LogP contribution is -2.36. The molecule has 0 saturated carbocycles. The number of hydrogen-bond donors (Lipinski definition) is 1. The molecule has 0 bridgehead atoms. The zero-order chi connectivity index (χ0) is 13.7. The second kappa shape index (κ2) is 5.98. The van der Waals surface area contributed by atoms with Crippen LogP contribution in [0.2, 0.25) is 0 Å². The number of fused-ring (bicyclic) bond motifs is 1. The summed E-state index contributed by atoms with van der Waals surface area (Å²) in [6, 6.07) is 10.4. The Morgan fingerprint density at radius 1 is 1.21 bits per heavy atom. The first-order valence-electron chi connectivity index (χ1n) is 6.81. The quantitative estimate of drug-likeness (QED) is 0.833. The largest absolute Gasteiger partial charge is 0.312 e. The van der Waals surface area contributed by atoms with Crippen molar-refractivity contribution in [2.45, 2.75) is 32.7 Å². The number of nitrogens with zero attached hydrogens (tertiary/aromatic N) is 1. The Labute approximate surface area is 115 Å². The van der Waals surface area contributed by atoms with Crippen molar-refractivity contribution in [2.75, 3.05) is 6.54 Å². The summed E-state index contributed by atoms with van der Waals surface area (Å²) < 4.78 is 0. The van der Waals surface area contributed by atoms with Gasteiger partial charge >= 0.3 is 0 Å². The van der Waals surface area contributed by atoms with Gasteiger partial charge in [0.1, 0.15) is 0 Å². The Kier molecular flexibility index (Phi) is 4.33. The van der Waals surface area contributed by atoms with E-state index in [9.17, 15) is 0 Å². The van der Waals surface area contributed by atoms with Gasteiger partial charge in [0, 0.05) is 17.1 Å². The highest BCUT2D eigenvalue weighted by molar-refractivity contribution is 5.80. The zero-order valence-corrected chi connectivity index (χ0v) is 12.0. The van der Waals surface area contributed by atoms with Crippen LogP contribution in [0.15, 0.2) is 42.6 Å². The highest BCUT2D eigenvalue weighted by atomic mass is 14.9. The molecule has 1 aromatic carbocycles. The van der Waals surface area contributed by atoms with E-state index in [-0.39, 0.29) is 5.54 Å². The molecule has 0 aliphatic heterocycles. The predicted octanol–water partition coefficient (Wildman–Crippen LogP) is 4.03. The molecule has 100 valence electrons. The number of rotatable bonds is 4. The molecule has 0 saturated heterocycles. The van der Waals surface area contributed by atoms with Gasteiger partial charge in [0.2, 0.25) is 0 Å².